The largest absolute Gasteiger partial charge is 0.340 e. The second-order valence-corrected chi connectivity index (χ2v) is 3.86. The van der Waals surface area contributed by atoms with Crippen LogP contribution in [0.3, 0.4) is 0 Å². The number of carbonyl (C=O) groups excluding carboxylic acids is 1. The fraction of sp³-hybridized carbons (Fsp3) is 0.900. The van der Waals surface area contributed by atoms with Gasteiger partial charge < -0.3 is 10.6 Å². The van der Waals surface area contributed by atoms with Crippen LogP contribution in [-0.4, -0.2) is 54.5 Å². The van der Waals surface area contributed by atoms with Crippen LogP contribution in [0.1, 0.15) is 20.3 Å². The van der Waals surface area contributed by atoms with E-state index in [1.165, 1.54) is 0 Å². The molecule has 14 heavy (non-hydrogen) atoms. The molecule has 2 N–H and O–H groups in total. The summed E-state index contributed by atoms with van der Waals surface area (Å²) in [6.45, 7) is 8.57. The molecular weight excluding hydrogens is 178 g/mol. The lowest BCUT2D eigenvalue weighted by atomic mass is 10.2. The summed E-state index contributed by atoms with van der Waals surface area (Å²) < 4.78 is 0. The SMILES string of the molecule is CCN1CCN(C(=O)CCN)CC1C. The summed E-state index contributed by atoms with van der Waals surface area (Å²) in [4.78, 5) is 15.9. The van der Waals surface area contributed by atoms with Crippen molar-refractivity contribution < 1.29 is 4.79 Å². The summed E-state index contributed by atoms with van der Waals surface area (Å²) >= 11 is 0. The first kappa shape index (κ1) is 11.5. The highest BCUT2D eigenvalue weighted by molar-refractivity contribution is 5.76. The number of likely N-dealkylation sites (N-methyl/N-ethyl adjacent to an activating group) is 1. The van der Waals surface area contributed by atoms with Crippen LogP contribution < -0.4 is 5.73 Å². The molecule has 0 saturated carbocycles. The van der Waals surface area contributed by atoms with E-state index < -0.39 is 0 Å². The summed E-state index contributed by atoms with van der Waals surface area (Å²) in [5.74, 6) is 0.204. The van der Waals surface area contributed by atoms with Crippen molar-refractivity contribution in [2.45, 2.75) is 26.3 Å². The highest BCUT2D eigenvalue weighted by Crippen LogP contribution is 2.09. The molecule has 82 valence electrons. The van der Waals surface area contributed by atoms with Crippen molar-refractivity contribution in [1.29, 1.82) is 0 Å². The molecule has 1 fully saturated rings. The van der Waals surface area contributed by atoms with Crippen molar-refractivity contribution in [3.05, 3.63) is 0 Å². The molecule has 0 bridgehead atoms. The second-order valence-electron chi connectivity index (χ2n) is 3.86. The fourth-order valence-corrected chi connectivity index (χ4v) is 1.97. The zero-order valence-corrected chi connectivity index (χ0v) is 9.20. The van der Waals surface area contributed by atoms with Gasteiger partial charge in [0.15, 0.2) is 0 Å². The standard InChI is InChI=1S/C10H21N3O/c1-3-12-6-7-13(8-9(12)2)10(14)4-5-11/h9H,3-8,11H2,1-2H3. The smallest absolute Gasteiger partial charge is 0.223 e. The van der Waals surface area contributed by atoms with Gasteiger partial charge in [0.05, 0.1) is 0 Å². The third kappa shape index (κ3) is 2.69. The molecule has 0 aliphatic carbocycles. The number of nitrogens with two attached hydrogens (primary N) is 1. The number of carbonyl (C=O) groups is 1. The highest BCUT2D eigenvalue weighted by atomic mass is 16.2. The molecule has 1 unspecified atom stereocenters. The van der Waals surface area contributed by atoms with E-state index in [1.807, 2.05) is 4.90 Å². The van der Waals surface area contributed by atoms with E-state index >= 15 is 0 Å². The Hall–Kier alpha value is -0.610. The summed E-state index contributed by atoms with van der Waals surface area (Å²) in [7, 11) is 0. The fourth-order valence-electron chi connectivity index (χ4n) is 1.97. The zero-order chi connectivity index (χ0) is 10.6. The molecule has 4 heteroatoms. The van der Waals surface area contributed by atoms with Crippen molar-refractivity contribution in [2.24, 2.45) is 5.73 Å². The van der Waals surface area contributed by atoms with Gasteiger partial charge in [0.1, 0.15) is 0 Å². The van der Waals surface area contributed by atoms with Gasteiger partial charge in [-0.3, -0.25) is 9.69 Å². The third-order valence-electron chi connectivity index (χ3n) is 2.88. The van der Waals surface area contributed by atoms with Gasteiger partial charge in [0, 0.05) is 38.6 Å². The quantitative estimate of drug-likeness (QED) is 0.690. The number of piperazine rings is 1. The van der Waals surface area contributed by atoms with E-state index in [-0.39, 0.29) is 5.91 Å². The Morgan fingerprint density at radius 2 is 2.21 bits per heavy atom. The lowest BCUT2D eigenvalue weighted by molar-refractivity contribution is -0.133. The molecule has 0 aromatic carbocycles. The Morgan fingerprint density at radius 1 is 1.50 bits per heavy atom. The number of hydrogen-bond donors (Lipinski definition) is 1. The number of nitrogens with zero attached hydrogens (tertiary/aromatic N) is 2. The van der Waals surface area contributed by atoms with Gasteiger partial charge in [-0.2, -0.15) is 0 Å². The zero-order valence-electron chi connectivity index (χ0n) is 9.20. The average Bonchev–Trinajstić information content (AvgIpc) is 2.18. The van der Waals surface area contributed by atoms with Gasteiger partial charge in [-0.15, -0.1) is 0 Å². The van der Waals surface area contributed by atoms with Crippen LogP contribution in [0.4, 0.5) is 0 Å². The molecule has 0 aromatic rings. The Morgan fingerprint density at radius 3 is 2.71 bits per heavy atom. The molecule has 1 saturated heterocycles. The first-order valence-corrected chi connectivity index (χ1v) is 5.41. The number of amides is 1. The van der Waals surface area contributed by atoms with Crippen LogP contribution in [0.15, 0.2) is 0 Å². The monoisotopic (exact) mass is 199 g/mol. The molecule has 0 spiro atoms. The van der Waals surface area contributed by atoms with Crippen molar-refractivity contribution in [3.63, 3.8) is 0 Å². The van der Waals surface area contributed by atoms with Crippen molar-refractivity contribution in [2.75, 3.05) is 32.7 Å². The van der Waals surface area contributed by atoms with Crippen LogP contribution in [-0.2, 0) is 4.79 Å². The normalized spacial score (nSPS) is 23.9. The third-order valence-corrected chi connectivity index (χ3v) is 2.88. The van der Waals surface area contributed by atoms with Gasteiger partial charge in [-0.25, -0.2) is 0 Å². The molecule has 1 atom stereocenters. The summed E-state index contributed by atoms with van der Waals surface area (Å²) in [5.41, 5.74) is 5.37. The van der Waals surface area contributed by atoms with Gasteiger partial charge in [0.25, 0.3) is 0 Å². The van der Waals surface area contributed by atoms with E-state index in [9.17, 15) is 4.79 Å². The molecule has 1 rings (SSSR count). The summed E-state index contributed by atoms with van der Waals surface area (Å²) in [6.07, 6.45) is 0.485. The van der Waals surface area contributed by atoms with E-state index in [4.69, 9.17) is 5.73 Å². The number of rotatable bonds is 3. The van der Waals surface area contributed by atoms with Gasteiger partial charge >= 0.3 is 0 Å². The van der Waals surface area contributed by atoms with Crippen molar-refractivity contribution in [1.82, 2.24) is 9.80 Å². The van der Waals surface area contributed by atoms with Crippen LogP contribution in [0.25, 0.3) is 0 Å². The van der Waals surface area contributed by atoms with Gasteiger partial charge in [-0.05, 0) is 13.5 Å². The Balaban J connectivity index is 2.41. The minimum atomic E-state index is 0.204. The molecule has 0 radical (unpaired) electrons. The topological polar surface area (TPSA) is 49.6 Å². The Bertz CT molecular complexity index is 196. The van der Waals surface area contributed by atoms with E-state index in [2.05, 4.69) is 18.7 Å². The van der Waals surface area contributed by atoms with E-state index in [1.54, 1.807) is 0 Å². The first-order valence-electron chi connectivity index (χ1n) is 5.41. The predicted molar refractivity (Wildman–Crippen MR) is 57.0 cm³/mol. The van der Waals surface area contributed by atoms with Gasteiger partial charge in [0.2, 0.25) is 5.91 Å². The molecule has 0 aromatic heterocycles. The maximum absolute atomic E-state index is 11.6. The lowest BCUT2D eigenvalue weighted by Crippen LogP contribution is -2.53. The highest BCUT2D eigenvalue weighted by Gasteiger charge is 2.24. The first-order chi connectivity index (χ1) is 6.69. The maximum Gasteiger partial charge on any atom is 0.223 e. The Labute approximate surface area is 86.0 Å². The van der Waals surface area contributed by atoms with E-state index in [0.717, 1.165) is 26.2 Å². The predicted octanol–water partition coefficient (Wildman–Crippen LogP) is -0.112. The molecule has 4 nitrogen and oxygen atoms in total. The second kappa shape index (κ2) is 5.32. The van der Waals surface area contributed by atoms with E-state index in [0.29, 0.717) is 19.0 Å². The van der Waals surface area contributed by atoms with Crippen molar-refractivity contribution in [3.8, 4) is 0 Å². The average molecular weight is 199 g/mol. The molecule has 1 heterocycles. The summed E-state index contributed by atoms with van der Waals surface area (Å²) in [5, 5.41) is 0. The molecular formula is C10H21N3O. The van der Waals surface area contributed by atoms with Crippen molar-refractivity contribution >= 4 is 5.91 Å². The maximum atomic E-state index is 11.6. The minimum Gasteiger partial charge on any atom is -0.340 e. The van der Waals surface area contributed by atoms with Crippen LogP contribution in [0.2, 0.25) is 0 Å². The number of hydrogen-bond acceptors (Lipinski definition) is 3. The van der Waals surface area contributed by atoms with Gasteiger partial charge in [-0.1, -0.05) is 6.92 Å². The van der Waals surface area contributed by atoms with Crippen LogP contribution >= 0.6 is 0 Å². The Kier molecular flexibility index (Phi) is 4.35. The minimum absolute atomic E-state index is 0.204. The molecule has 1 amide bonds. The van der Waals surface area contributed by atoms with Crippen LogP contribution in [0, 0.1) is 0 Å². The molecule has 1 aliphatic rings. The summed E-state index contributed by atoms with van der Waals surface area (Å²) in [6, 6.07) is 0.482. The van der Waals surface area contributed by atoms with Crippen LogP contribution in [0.5, 0.6) is 0 Å². The lowest BCUT2D eigenvalue weighted by Gasteiger charge is -2.39. The molecule has 1 aliphatic heterocycles.